The highest BCUT2D eigenvalue weighted by Crippen LogP contribution is 2.29. The van der Waals surface area contributed by atoms with Crippen molar-refractivity contribution < 1.29 is 9.84 Å². The molecule has 1 aromatic carbocycles. The first-order chi connectivity index (χ1) is 6.42. The number of ether oxygens (including phenoxy) is 1. The van der Waals surface area contributed by atoms with E-state index in [4.69, 9.17) is 4.74 Å². The van der Waals surface area contributed by atoms with Crippen molar-refractivity contribution in [2.24, 2.45) is 0 Å². The molecular weight excluding hydrogens is 178 g/mol. The smallest absolute Gasteiger partial charge is 0.160 e. The van der Waals surface area contributed by atoms with Gasteiger partial charge in [0.1, 0.15) is 0 Å². The van der Waals surface area contributed by atoms with Gasteiger partial charge >= 0.3 is 0 Å². The van der Waals surface area contributed by atoms with Crippen LogP contribution in [0.15, 0.2) is 18.2 Å². The topological polar surface area (TPSA) is 41.5 Å². The molecule has 0 aliphatic carbocycles. The lowest BCUT2D eigenvalue weighted by molar-refractivity contribution is 0.373. The lowest BCUT2D eigenvalue weighted by Crippen LogP contribution is -2.25. The van der Waals surface area contributed by atoms with Gasteiger partial charge < -0.3 is 15.2 Å². The Morgan fingerprint density at radius 1 is 1.29 bits per heavy atom. The summed E-state index contributed by atoms with van der Waals surface area (Å²) >= 11 is 0. The molecule has 0 spiro atoms. The van der Waals surface area contributed by atoms with Crippen molar-refractivity contribution >= 4 is 5.69 Å². The van der Waals surface area contributed by atoms with E-state index in [2.05, 4.69) is 26.1 Å². The molecule has 0 heterocycles. The zero-order chi connectivity index (χ0) is 10.8. The molecule has 3 heteroatoms. The summed E-state index contributed by atoms with van der Waals surface area (Å²) in [6.07, 6.45) is 0. The predicted molar refractivity (Wildman–Crippen MR) is 58.0 cm³/mol. The van der Waals surface area contributed by atoms with Gasteiger partial charge in [0.15, 0.2) is 11.5 Å². The van der Waals surface area contributed by atoms with E-state index in [0.29, 0.717) is 5.75 Å². The summed E-state index contributed by atoms with van der Waals surface area (Å²) in [5.41, 5.74) is 0.872. The fourth-order valence-electron chi connectivity index (χ4n) is 1.20. The van der Waals surface area contributed by atoms with Gasteiger partial charge in [-0.25, -0.2) is 0 Å². The minimum absolute atomic E-state index is 0.0129. The van der Waals surface area contributed by atoms with E-state index in [9.17, 15) is 5.11 Å². The number of methoxy groups -OCH3 is 1. The number of anilines is 1. The van der Waals surface area contributed by atoms with Crippen molar-refractivity contribution in [3.63, 3.8) is 0 Å². The molecule has 0 aliphatic heterocycles. The second kappa shape index (κ2) is 3.78. The molecule has 3 nitrogen and oxygen atoms in total. The van der Waals surface area contributed by atoms with Crippen LogP contribution in [-0.4, -0.2) is 17.8 Å². The van der Waals surface area contributed by atoms with Gasteiger partial charge in [0.25, 0.3) is 0 Å². The quantitative estimate of drug-likeness (QED) is 0.762. The molecule has 0 fully saturated rings. The molecule has 0 amide bonds. The van der Waals surface area contributed by atoms with Crippen molar-refractivity contribution in [3.05, 3.63) is 18.2 Å². The van der Waals surface area contributed by atoms with Crippen LogP contribution in [0.4, 0.5) is 5.69 Å². The zero-order valence-corrected chi connectivity index (χ0v) is 9.09. The second-order valence-electron chi connectivity index (χ2n) is 4.26. The maximum atomic E-state index is 9.52. The van der Waals surface area contributed by atoms with Crippen LogP contribution in [0.25, 0.3) is 0 Å². The Morgan fingerprint density at radius 2 is 1.93 bits per heavy atom. The Balaban J connectivity index is 2.87. The molecule has 0 saturated heterocycles. The minimum Gasteiger partial charge on any atom is -0.504 e. The van der Waals surface area contributed by atoms with Gasteiger partial charge in [0.05, 0.1) is 7.11 Å². The van der Waals surface area contributed by atoms with Gasteiger partial charge in [-0.05, 0) is 32.9 Å². The van der Waals surface area contributed by atoms with Crippen molar-refractivity contribution in [3.8, 4) is 11.5 Å². The molecule has 1 aromatic rings. The van der Waals surface area contributed by atoms with Crippen LogP contribution in [0, 0.1) is 0 Å². The summed E-state index contributed by atoms with van der Waals surface area (Å²) in [5.74, 6) is 0.645. The summed E-state index contributed by atoms with van der Waals surface area (Å²) in [7, 11) is 1.53. The number of rotatable bonds is 2. The minimum atomic E-state index is -0.0129. The third-order valence-electron chi connectivity index (χ3n) is 1.70. The Kier molecular flexibility index (Phi) is 2.89. The first kappa shape index (κ1) is 10.7. The van der Waals surface area contributed by atoms with E-state index < -0.39 is 0 Å². The summed E-state index contributed by atoms with van der Waals surface area (Å²) in [5, 5.41) is 12.8. The highest BCUT2D eigenvalue weighted by Gasteiger charge is 2.10. The lowest BCUT2D eigenvalue weighted by atomic mass is 10.1. The fraction of sp³-hybridized carbons (Fsp3) is 0.455. The third-order valence-corrected chi connectivity index (χ3v) is 1.70. The number of nitrogens with one attached hydrogen (secondary N) is 1. The zero-order valence-electron chi connectivity index (χ0n) is 9.09. The lowest BCUT2D eigenvalue weighted by Gasteiger charge is -2.22. The largest absolute Gasteiger partial charge is 0.504 e. The summed E-state index contributed by atoms with van der Waals surface area (Å²) < 4.78 is 4.95. The first-order valence-corrected chi connectivity index (χ1v) is 4.57. The van der Waals surface area contributed by atoms with Gasteiger partial charge in [-0.2, -0.15) is 0 Å². The van der Waals surface area contributed by atoms with Gasteiger partial charge in [-0.3, -0.25) is 0 Å². The Morgan fingerprint density at radius 3 is 2.36 bits per heavy atom. The van der Waals surface area contributed by atoms with Crippen LogP contribution in [0.1, 0.15) is 20.8 Å². The third kappa shape index (κ3) is 2.83. The van der Waals surface area contributed by atoms with Gasteiger partial charge in [0.2, 0.25) is 0 Å². The monoisotopic (exact) mass is 195 g/mol. The van der Waals surface area contributed by atoms with Crippen LogP contribution in [0.2, 0.25) is 0 Å². The Labute approximate surface area is 84.7 Å². The maximum absolute atomic E-state index is 9.52. The SMILES string of the molecule is COc1ccc(NC(C)(C)C)cc1O. The predicted octanol–water partition coefficient (Wildman–Crippen LogP) is 2.61. The molecule has 2 N–H and O–H groups in total. The van der Waals surface area contributed by atoms with Gasteiger partial charge in [-0.15, -0.1) is 0 Å². The number of hydrogen-bond acceptors (Lipinski definition) is 3. The molecule has 14 heavy (non-hydrogen) atoms. The molecule has 0 atom stereocenters. The maximum Gasteiger partial charge on any atom is 0.160 e. The molecular formula is C11H17NO2. The highest BCUT2D eigenvalue weighted by molar-refractivity contribution is 5.54. The van der Waals surface area contributed by atoms with E-state index in [-0.39, 0.29) is 11.3 Å². The highest BCUT2D eigenvalue weighted by atomic mass is 16.5. The van der Waals surface area contributed by atoms with E-state index in [1.54, 1.807) is 12.1 Å². The second-order valence-corrected chi connectivity index (χ2v) is 4.26. The number of hydrogen-bond donors (Lipinski definition) is 2. The van der Waals surface area contributed by atoms with E-state index in [0.717, 1.165) is 5.69 Å². The fourth-order valence-corrected chi connectivity index (χ4v) is 1.20. The summed E-state index contributed by atoms with van der Waals surface area (Å²) in [6, 6.07) is 5.28. The standard InChI is InChI=1S/C11H17NO2/c1-11(2,3)12-8-5-6-10(14-4)9(13)7-8/h5-7,12-13H,1-4H3. The Hall–Kier alpha value is -1.38. The average Bonchev–Trinajstić information content (AvgIpc) is 2.01. The van der Waals surface area contributed by atoms with E-state index in [1.165, 1.54) is 7.11 Å². The molecule has 0 bridgehead atoms. The van der Waals surface area contributed by atoms with Crippen LogP contribution in [-0.2, 0) is 0 Å². The van der Waals surface area contributed by atoms with Crippen LogP contribution >= 0.6 is 0 Å². The molecule has 0 aromatic heterocycles. The van der Waals surface area contributed by atoms with Crippen molar-refractivity contribution in [1.29, 1.82) is 0 Å². The van der Waals surface area contributed by atoms with E-state index >= 15 is 0 Å². The van der Waals surface area contributed by atoms with Crippen molar-refractivity contribution in [2.45, 2.75) is 26.3 Å². The first-order valence-electron chi connectivity index (χ1n) is 4.57. The van der Waals surface area contributed by atoms with Gasteiger partial charge in [0, 0.05) is 17.3 Å². The number of benzene rings is 1. The average molecular weight is 195 g/mol. The summed E-state index contributed by atoms with van der Waals surface area (Å²) in [4.78, 5) is 0. The normalized spacial score (nSPS) is 11.1. The summed E-state index contributed by atoms with van der Waals surface area (Å²) in [6.45, 7) is 6.19. The molecule has 0 aliphatic rings. The van der Waals surface area contributed by atoms with Crippen LogP contribution < -0.4 is 10.1 Å². The molecule has 78 valence electrons. The number of phenolic OH excluding ortho intramolecular Hbond substituents is 1. The molecule has 0 unspecified atom stereocenters. The van der Waals surface area contributed by atoms with Crippen molar-refractivity contribution in [1.82, 2.24) is 0 Å². The van der Waals surface area contributed by atoms with Crippen LogP contribution in [0.5, 0.6) is 11.5 Å². The number of aromatic hydroxyl groups is 1. The van der Waals surface area contributed by atoms with Gasteiger partial charge in [-0.1, -0.05) is 0 Å². The van der Waals surface area contributed by atoms with Crippen LogP contribution in [0.3, 0.4) is 0 Å². The molecule has 1 rings (SSSR count). The molecule has 0 saturated carbocycles. The Bertz CT molecular complexity index is 316. The van der Waals surface area contributed by atoms with E-state index in [1.807, 2.05) is 6.07 Å². The number of phenols is 1. The van der Waals surface area contributed by atoms with Crippen molar-refractivity contribution in [2.75, 3.05) is 12.4 Å². The molecule has 0 radical (unpaired) electrons.